The third kappa shape index (κ3) is 6.40. The van der Waals surface area contributed by atoms with Crippen LogP contribution in [0, 0.1) is 5.82 Å². The highest BCUT2D eigenvalue weighted by Crippen LogP contribution is 2.22. The zero-order chi connectivity index (χ0) is 22.2. The van der Waals surface area contributed by atoms with Crippen molar-refractivity contribution in [3.8, 4) is 5.75 Å². The molecule has 2 amide bonds. The van der Waals surface area contributed by atoms with Crippen LogP contribution in [0.5, 0.6) is 5.75 Å². The second kappa shape index (κ2) is 10.4. The zero-order valence-corrected chi connectivity index (χ0v) is 17.5. The summed E-state index contributed by atoms with van der Waals surface area (Å²) in [5.41, 5.74) is 3.25. The Morgan fingerprint density at radius 2 is 1.52 bits per heavy atom. The topological polar surface area (TPSA) is 67.4 Å². The summed E-state index contributed by atoms with van der Waals surface area (Å²) in [4.78, 5) is 24.0. The first kappa shape index (κ1) is 22.0. The summed E-state index contributed by atoms with van der Waals surface area (Å²) in [6.07, 6.45) is 0.513. The van der Waals surface area contributed by atoms with Crippen molar-refractivity contribution in [2.75, 3.05) is 7.11 Å². The summed E-state index contributed by atoms with van der Waals surface area (Å²) in [5, 5.41) is 5.81. The van der Waals surface area contributed by atoms with E-state index in [1.165, 1.54) is 19.1 Å². The molecule has 3 aromatic carbocycles. The first-order chi connectivity index (χ1) is 14.9. The fourth-order valence-corrected chi connectivity index (χ4v) is 3.19. The van der Waals surface area contributed by atoms with Crippen molar-refractivity contribution < 1.29 is 18.7 Å². The van der Waals surface area contributed by atoms with E-state index in [0.717, 1.165) is 22.4 Å². The lowest BCUT2D eigenvalue weighted by Crippen LogP contribution is -2.30. The summed E-state index contributed by atoms with van der Waals surface area (Å²) >= 11 is 0. The minimum absolute atomic E-state index is 0.107. The number of hydrogen-bond acceptors (Lipinski definition) is 3. The third-order valence-electron chi connectivity index (χ3n) is 4.93. The van der Waals surface area contributed by atoms with Gasteiger partial charge >= 0.3 is 0 Å². The van der Waals surface area contributed by atoms with Crippen LogP contribution in [0.15, 0.2) is 72.8 Å². The molecule has 2 N–H and O–H groups in total. The van der Waals surface area contributed by atoms with Crippen molar-refractivity contribution in [2.45, 2.75) is 25.9 Å². The Morgan fingerprint density at radius 1 is 0.903 bits per heavy atom. The lowest BCUT2D eigenvalue weighted by Gasteiger charge is -2.20. The van der Waals surface area contributed by atoms with Crippen LogP contribution < -0.4 is 15.4 Å². The van der Waals surface area contributed by atoms with E-state index >= 15 is 0 Å². The van der Waals surface area contributed by atoms with Gasteiger partial charge in [-0.25, -0.2) is 4.39 Å². The summed E-state index contributed by atoms with van der Waals surface area (Å²) in [6, 6.07) is 20.5. The van der Waals surface area contributed by atoms with Gasteiger partial charge in [-0.05, 0) is 59.5 Å². The molecule has 0 bridgehead atoms. The van der Waals surface area contributed by atoms with Gasteiger partial charge in [0, 0.05) is 19.0 Å². The van der Waals surface area contributed by atoms with E-state index in [1.807, 2.05) is 36.4 Å². The van der Waals surface area contributed by atoms with Gasteiger partial charge in [-0.15, -0.1) is 0 Å². The number of amides is 2. The average Bonchev–Trinajstić information content (AvgIpc) is 2.79. The summed E-state index contributed by atoms with van der Waals surface area (Å²) in [6.45, 7) is 1.87. The van der Waals surface area contributed by atoms with Crippen LogP contribution in [0.25, 0.3) is 0 Å². The van der Waals surface area contributed by atoms with Crippen molar-refractivity contribution in [1.29, 1.82) is 0 Å². The number of methoxy groups -OCH3 is 1. The number of rotatable bonds is 8. The predicted molar refractivity (Wildman–Crippen MR) is 117 cm³/mol. The summed E-state index contributed by atoms with van der Waals surface area (Å²) in [5.74, 6) is 0.109. The molecule has 0 spiro atoms. The zero-order valence-electron chi connectivity index (χ0n) is 17.5. The van der Waals surface area contributed by atoms with Gasteiger partial charge in [-0.1, -0.05) is 36.4 Å². The molecule has 5 nitrogen and oxygen atoms in total. The molecule has 0 radical (unpaired) electrons. The van der Waals surface area contributed by atoms with Crippen molar-refractivity contribution in [3.05, 3.63) is 101 Å². The van der Waals surface area contributed by atoms with Gasteiger partial charge in [-0.2, -0.15) is 0 Å². The van der Waals surface area contributed by atoms with Crippen molar-refractivity contribution in [2.24, 2.45) is 0 Å². The second-order valence-corrected chi connectivity index (χ2v) is 7.24. The Kier molecular flexibility index (Phi) is 7.38. The molecular weight excluding hydrogens is 395 g/mol. The van der Waals surface area contributed by atoms with Crippen LogP contribution in [0.3, 0.4) is 0 Å². The maximum absolute atomic E-state index is 13.3. The molecule has 160 valence electrons. The minimum atomic E-state index is -0.303. The van der Waals surface area contributed by atoms with Crippen LogP contribution in [0.2, 0.25) is 0 Å². The third-order valence-corrected chi connectivity index (χ3v) is 4.93. The van der Waals surface area contributed by atoms with E-state index in [9.17, 15) is 14.0 Å². The van der Waals surface area contributed by atoms with E-state index < -0.39 is 0 Å². The van der Waals surface area contributed by atoms with Crippen molar-refractivity contribution >= 4 is 11.8 Å². The van der Waals surface area contributed by atoms with Gasteiger partial charge in [0.1, 0.15) is 11.6 Å². The molecule has 3 rings (SSSR count). The van der Waals surface area contributed by atoms with Crippen molar-refractivity contribution in [1.82, 2.24) is 10.6 Å². The molecule has 0 saturated carbocycles. The van der Waals surface area contributed by atoms with Gasteiger partial charge in [0.25, 0.3) is 5.91 Å². The van der Waals surface area contributed by atoms with E-state index in [2.05, 4.69) is 10.6 Å². The normalized spacial score (nSPS) is 11.5. The first-order valence-corrected chi connectivity index (χ1v) is 9.97. The molecule has 0 aromatic heterocycles. The van der Waals surface area contributed by atoms with Crippen LogP contribution in [-0.4, -0.2) is 18.9 Å². The highest BCUT2D eigenvalue weighted by Gasteiger charge is 2.17. The minimum Gasteiger partial charge on any atom is -0.497 e. The molecule has 31 heavy (non-hydrogen) atoms. The molecule has 0 fully saturated rings. The largest absolute Gasteiger partial charge is 0.497 e. The SMILES string of the molecule is COc1ccc(C(Cc2ccc(F)cc2)NC(=O)c2ccc(CNC(C)=O)cc2)cc1. The van der Waals surface area contributed by atoms with E-state index in [1.54, 1.807) is 31.4 Å². The number of halogens is 1. The van der Waals surface area contributed by atoms with Crippen LogP contribution in [-0.2, 0) is 17.8 Å². The van der Waals surface area contributed by atoms with E-state index in [-0.39, 0.29) is 23.7 Å². The van der Waals surface area contributed by atoms with Crippen LogP contribution in [0.4, 0.5) is 4.39 Å². The van der Waals surface area contributed by atoms with Crippen LogP contribution >= 0.6 is 0 Å². The Balaban J connectivity index is 1.77. The molecule has 0 aliphatic heterocycles. The Bertz CT molecular complexity index is 1020. The monoisotopic (exact) mass is 420 g/mol. The van der Waals surface area contributed by atoms with Gasteiger partial charge < -0.3 is 15.4 Å². The number of carbonyl (C=O) groups excluding carboxylic acids is 2. The Labute approximate surface area is 181 Å². The standard InChI is InChI=1S/C25H25FN2O3/c1-17(29)27-16-19-3-7-21(8-4-19)25(30)28-24(15-18-5-11-22(26)12-6-18)20-9-13-23(31-2)14-10-20/h3-14,24H,15-16H2,1-2H3,(H,27,29)(H,28,30). The van der Waals surface area contributed by atoms with Crippen LogP contribution in [0.1, 0.15) is 40.0 Å². The summed E-state index contributed by atoms with van der Waals surface area (Å²) in [7, 11) is 1.60. The number of nitrogens with one attached hydrogen (secondary N) is 2. The fraction of sp³-hybridized carbons (Fsp3) is 0.200. The number of ether oxygens (including phenoxy) is 1. The molecule has 0 heterocycles. The highest BCUT2D eigenvalue weighted by molar-refractivity contribution is 5.94. The van der Waals surface area contributed by atoms with Gasteiger partial charge in [0.2, 0.25) is 5.91 Å². The molecule has 6 heteroatoms. The number of benzene rings is 3. The molecule has 0 saturated heterocycles. The fourth-order valence-electron chi connectivity index (χ4n) is 3.19. The predicted octanol–water partition coefficient (Wildman–Crippen LogP) is 4.18. The maximum atomic E-state index is 13.3. The number of hydrogen-bond donors (Lipinski definition) is 2. The van der Waals surface area contributed by atoms with E-state index in [0.29, 0.717) is 18.5 Å². The van der Waals surface area contributed by atoms with Crippen molar-refractivity contribution in [3.63, 3.8) is 0 Å². The molecule has 3 aromatic rings. The molecule has 0 aliphatic rings. The first-order valence-electron chi connectivity index (χ1n) is 9.97. The summed E-state index contributed by atoms with van der Waals surface area (Å²) < 4.78 is 18.5. The van der Waals surface area contributed by atoms with Gasteiger partial charge in [-0.3, -0.25) is 9.59 Å². The Morgan fingerprint density at radius 3 is 2.10 bits per heavy atom. The smallest absolute Gasteiger partial charge is 0.251 e. The van der Waals surface area contributed by atoms with Gasteiger partial charge in [0.15, 0.2) is 0 Å². The maximum Gasteiger partial charge on any atom is 0.251 e. The highest BCUT2D eigenvalue weighted by atomic mass is 19.1. The molecule has 1 atom stereocenters. The number of carbonyl (C=O) groups is 2. The lowest BCUT2D eigenvalue weighted by molar-refractivity contribution is -0.119. The van der Waals surface area contributed by atoms with Gasteiger partial charge in [0.05, 0.1) is 13.2 Å². The average molecular weight is 420 g/mol. The quantitative estimate of drug-likeness (QED) is 0.574. The lowest BCUT2D eigenvalue weighted by atomic mass is 9.98. The second-order valence-electron chi connectivity index (χ2n) is 7.24. The molecule has 0 aliphatic carbocycles. The molecule has 1 unspecified atom stereocenters. The molecular formula is C25H25FN2O3. The Hall–Kier alpha value is -3.67. The van der Waals surface area contributed by atoms with E-state index in [4.69, 9.17) is 4.74 Å².